The third kappa shape index (κ3) is 5.22. The molecule has 0 aliphatic heterocycles. The Morgan fingerprint density at radius 3 is 2.27 bits per heavy atom. The molecule has 2 rings (SSSR count). The van der Waals surface area contributed by atoms with Crippen molar-refractivity contribution in [1.29, 1.82) is 0 Å². The molecule has 0 saturated carbocycles. The molecule has 0 spiro atoms. The number of hydrogen-bond donors (Lipinski definition) is 2. The summed E-state index contributed by atoms with van der Waals surface area (Å²) in [6, 6.07) is 19.5. The molecular weight excluding hydrogens is 276 g/mol. The molecule has 0 aromatic heterocycles. The maximum atomic E-state index is 12.1. The number of hydrogen-bond acceptors (Lipinski definition) is 3. The largest absolute Gasteiger partial charge is 0.392 e. The zero-order valence-corrected chi connectivity index (χ0v) is 12.8. The fourth-order valence-electron chi connectivity index (χ4n) is 2.24. The fraction of sp³-hybridized carbons (Fsp3) is 0.278. The molecule has 4 heteroatoms. The van der Waals surface area contributed by atoms with E-state index in [1.165, 1.54) is 0 Å². The molecular formula is C18H22N2O2. The number of nitrogens with zero attached hydrogens (tertiary/aromatic N) is 1. The van der Waals surface area contributed by atoms with Crippen LogP contribution in [0.2, 0.25) is 0 Å². The molecule has 0 fully saturated rings. The van der Waals surface area contributed by atoms with Gasteiger partial charge in [-0.1, -0.05) is 48.5 Å². The Morgan fingerprint density at radius 1 is 1.09 bits per heavy atom. The summed E-state index contributed by atoms with van der Waals surface area (Å²) >= 11 is 0. The Bertz CT molecular complexity index is 570. The number of aliphatic hydroxyl groups excluding tert-OH is 1. The molecule has 1 amide bonds. The van der Waals surface area contributed by atoms with Gasteiger partial charge in [0, 0.05) is 18.8 Å². The van der Waals surface area contributed by atoms with Gasteiger partial charge in [-0.05, 0) is 24.6 Å². The van der Waals surface area contributed by atoms with Gasteiger partial charge in [0.25, 0.3) is 0 Å². The molecule has 116 valence electrons. The van der Waals surface area contributed by atoms with Crippen LogP contribution in [-0.2, 0) is 11.3 Å². The lowest BCUT2D eigenvalue weighted by Gasteiger charge is -2.25. The molecule has 0 aliphatic carbocycles. The van der Waals surface area contributed by atoms with Crippen LogP contribution < -0.4 is 10.2 Å². The van der Waals surface area contributed by atoms with Gasteiger partial charge in [-0.2, -0.15) is 0 Å². The van der Waals surface area contributed by atoms with E-state index in [9.17, 15) is 9.90 Å². The van der Waals surface area contributed by atoms with Gasteiger partial charge in [0.05, 0.1) is 12.6 Å². The second kappa shape index (κ2) is 8.20. The van der Waals surface area contributed by atoms with E-state index in [-0.39, 0.29) is 12.5 Å². The Hall–Kier alpha value is -2.33. The Balaban J connectivity index is 1.93. The van der Waals surface area contributed by atoms with Crippen LogP contribution in [0.4, 0.5) is 5.69 Å². The van der Waals surface area contributed by atoms with Crippen molar-refractivity contribution in [2.24, 2.45) is 0 Å². The van der Waals surface area contributed by atoms with Crippen LogP contribution in [0.1, 0.15) is 12.5 Å². The van der Waals surface area contributed by atoms with Crippen molar-refractivity contribution in [2.45, 2.75) is 19.6 Å². The van der Waals surface area contributed by atoms with E-state index in [2.05, 4.69) is 5.32 Å². The van der Waals surface area contributed by atoms with Crippen LogP contribution in [-0.4, -0.2) is 30.2 Å². The van der Waals surface area contributed by atoms with E-state index in [1.807, 2.05) is 65.6 Å². The molecule has 0 bridgehead atoms. The topological polar surface area (TPSA) is 52.6 Å². The van der Waals surface area contributed by atoms with E-state index in [1.54, 1.807) is 6.92 Å². The van der Waals surface area contributed by atoms with Gasteiger partial charge in [0.15, 0.2) is 0 Å². The third-order valence-corrected chi connectivity index (χ3v) is 3.27. The highest BCUT2D eigenvalue weighted by molar-refractivity contribution is 5.81. The molecule has 2 aromatic carbocycles. The lowest BCUT2D eigenvalue weighted by molar-refractivity contribution is -0.120. The number of carbonyl (C=O) groups excluding carboxylic acids is 1. The minimum Gasteiger partial charge on any atom is -0.392 e. The van der Waals surface area contributed by atoms with Crippen LogP contribution in [0.15, 0.2) is 60.7 Å². The lowest BCUT2D eigenvalue weighted by Crippen LogP contribution is -2.40. The number of benzene rings is 2. The van der Waals surface area contributed by atoms with E-state index < -0.39 is 6.10 Å². The average Bonchev–Trinajstić information content (AvgIpc) is 2.54. The van der Waals surface area contributed by atoms with Gasteiger partial charge in [0.1, 0.15) is 0 Å². The maximum Gasteiger partial charge on any atom is 0.239 e. The summed E-state index contributed by atoms with van der Waals surface area (Å²) < 4.78 is 0. The Morgan fingerprint density at radius 2 is 1.68 bits per heavy atom. The lowest BCUT2D eigenvalue weighted by atomic mass is 10.2. The van der Waals surface area contributed by atoms with E-state index >= 15 is 0 Å². The van der Waals surface area contributed by atoms with Crippen LogP contribution in [0.3, 0.4) is 0 Å². The number of carbonyl (C=O) groups is 1. The SMILES string of the molecule is C[C@H](O)CN(CC(=O)NCc1ccccc1)c1ccccc1. The minimum atomic E-state index is -0.498. The van der Waals surface area contributed by atoms with Gasteiger partial charge in [-0.3, -0.25) is 4.79 Å². The molecule has 0 radical (unpaired) electrons. The fourth-order valence-corrected chi connectivity index (χ4v) is 2.24. The van der Waals surface area contributed by atoms with Crippen molar-refractivity contribution < 1.29 is 9.90 Å². The van der Waals surface area contributed by atoms with Crippen molar-refractivity contribution in [3.8, 4) is 0 Å². The first-order chi connectivity index (χ1) is 10.6. The van der Waals surface area contributed by atoms with Crippen molar-refractivity contribution in [3.63, 3.8) is 0 Å². The zero-order valence-electron chi connectivity index (χ0n) is 12.8. The van der Waals surface area contributed by atoms with E-state index in [4.69, 9.17) is 0 Å². The summed E-state index contributed by atoms with van der Waals surface area (Å²) in [6.45, 7) is 2.87. The second-order valence-corrected chi connectivity index (χ2v) is 5.33. The van der Waals surface area contributed by atoms with E-state index in [0.717, 1.165) is 11.3 Å². The Kier molecular flexibility index (Phi) is 5.98. The molecule has 0 unspecified atom stereocenters. The molecule has 1 atom stereocenters. The molecule has 22 heavy (non-hydrogen) atoms. The standard InChI is InChI=1S/C18H22N2O2/c1-15(21)13-20(17-10-6-3-7-11-17)14-18(22)19-12-16-8-4-2-5-9-16/h2-11,15,21H,12-14H2,1H3,(H,19,22)/t15-/m0/s1. The molecule has 4 nitrogen and oxygen atoms in total. The van der Waals surface area contributed by atoms with Crippen molar-refractivity contribution in [2.75, 3.05) is 18.0 Å². The summed E-state index contributed by atoms with van der Waals surface area (Å²) in [5.74, 6) is -0.0617. The second-order valence-electron chi connectivity index (χ2n) is 5.33. The first-order valence-corrected chi connectivity index (χ1v) is 7.44. The van der Waals surface area contributed by atoms with Gasteiger partial charge in [-0.15, -0.1) is 0 Å². The van der Waals surface area contributed by atoms with Crippen molar-refractivity contribution in [1.82, 2.24) is 5.32 Å². The highest BCUT2D eigenvalue weighted by Crippen LogP contribution is 2.13. The average molecular weight is 298 g/mol. The van der Waals surface area contributed by atoms with Crippen molar-refractivity contribution >= 4 is 11.6 Å². The van der Waals surface area contributed by atoms with Crippen LogP contribution >= 0.6 is 0 Å². The first-order valence-electron chi connectivity index (χ1n) is 7.44. The molecule has 0 heterocycles. The summed E-state index contributed by atoms with van der Waals surface area (Å²) in [7, 11) is 0. The van der Waals surface area contributed by atoms with Crippen LogP contribution in [0, 0.1) is 0 Å². The van der Waals surface area contributed by atoms with Gasteiger partial charge < -0.3 is 15.3 Å². The highest BCUT2D eigenvalue weighted by Gasteiger charge is 2.13. The smallest absolute Gasteiger partial charge is 0.239 e. The molecule has 2 aromatic rings. The van der Waals surface area contributed by atoms with Crippen LogP contribution in [0.5, 0.6) is 0 Å². The van der Waals surface area contributed by atoms with Crippen molar-refractivity contribution in [3.05, 3.63) is 66.2 Å². The summed E-state index contributed by atoms with van der Waals surface area (Å²) in [5.41, 5.74) is 2.00. The maximum absolute atomic E-state index is 12.1. The summed E-state index contributed by atoms with van der Waals surface area (Å²) in [6.07, 6.45) is -0.498. The third-order valence-electron chi connectivity index (χ3n) is 3.27. The highest BCUT2D eigenvalue weighted by atomic mass is 16.3. The van der Waals surface area contributed by atoms with Crippen LogP contribution in [0.25, 0.3) is 0 Å². The number of anilines is 1. The number of amides is 1. The first kappa shape index (κ1) is 16.0. The normalized spacial score (nSPS) is 11.7. The molecule has 0 saturated heterocycles. The van der Waals surface area contributed by atoms with E-state index in [0.29, 0.717) is 13.1 Å². The molecule has 0 aliphatic rings. The monoisotopic (exact) mass is 298 g/mol. The van der Waals surface area contributed by atoms with Gasteiger partial charge >= 0.3 is 0 Å². The predicted molar refractivity (Wildman–Crippen MR) is 88.6 cm³/mol. The Labute approximate surface area is 131 Å². The quantitative estimate of drug-likeness (QED) is 0.824. The molecule has 2 N–H and O–H groups in total. The number of para-hydroxylation sites is 1. The number of rotatable bonds is 7. The number of aliphatic hydroxyl groups is 1. The summed E-state index contributed by atoms with van der Waals surface area (Å²) in [4.78, 5) is 14.0. The van der Waals surface area contributed by atoms with Gasteiger partial charge in [0.2, 0.25) is 5.91 Å². The zero-order chi connectivity index (χ0) is 15.8. The minimum absolute atomic E-state index is 0.0617. The predicted octanol–water partition coefficient (Wildman–Crippen LogP) is 2.19. The number of nitrogens with one attached hydrogen (secondary N) is 1. The summed E-state index contributed by atoms with van der Waals surface area (Å²) in [5, 5.41) is 12.5. The van der Waals surface area contributed by atoms with Gasteiger partial charge in [-0.25, -0.2) is 0 Å².